The molecule has 4 rings (SSSR count). The van der Waals surface area contributed by atoms with Gasteiger partial charge in [-0.3, -0.25) is 19.4 Å². The molecule has 0 spiro atoms. The Morgan fingerprint density at radius 3 is 2.51 bits per heavy atom. The lowest BCUT2D eigenvalue weighted by molar-refractivity contribution is -0.146. The first kappa shape index (κ1) is 27.7. The molecule has 1 aliphatic heterocycles. The molecule has 2 heterocycles. The summed E-state index contributed by atoms with van der Waals surface area (Å²) in [6, 6.07) is 16.8. The number of aromatic hydroxyl groups is 1. The Morgan fingerprint density at radius 2 is 1.79 bits per heavy atom. The van der Waals surface area contributed by atoms with Crippen LogP contribution in [0.25, 0.3) is 0 Å². The highest BCUT2D eigenvalue weighted by molar-refractivity contribution is 5.97. The molecular formula is C29H32N4O6. The van der Waals surface area contributed by atoms with Gasteiger partial charge in [0.15, 0.2) is 6.10 Å². The molecule has 10 nitrogen and oxygen atoms in total. The molecule has 0 radical (unpaired) electrons. The average molecular weight is 533 g/mol. The summed E-state index contributed by atoms with van der Waals surface area (Å²) >= 11 is 0. The number of aliphatic hydroxyl groups excluding tert-OH is 2. The summed E-state index contributed by atoms with van der Waals surface area (Å²) in [6.45, 7) is 1.61. The third-order valence-electron chi connectivity index (χ3n) is 6.83. The molecule has 10 heteroatoms. The second-order valence-corrected chi connectivity index (χ2v) is 9.60. The molecule has 39 heavy (non-hydrogen) atoms. The number of aromatic nitrogens is 1. The molecule has 0 bridgehead atoms. The van der Waals surface area contributed by atoms with E-state index in [2.05, 4.69) is 15.6 Å². The summed E-state index contributed by atoms with van der Waals surface area (Å²) in [5.41, 5.74) is 1.97. The average Bonchev–Trinajstić information content (AvgIpc) is 3.34. The molecule has 3 aromatic rings. The first-order valence-electron chi connectivity index (χ1n) is 12.7. The molecule has 1 fully saturated rings. The topological polar surface area (TPSA) is 152 Å². The summed E-state index contributed by atoms with van der Waals surface area (Å²) < 4.78 is 0. The normalized spacial score (nSPS) is 18.3. The van der Waals surface area contributed by atoms with Crippen molar-refractivity contribution in [3.8, 4) is 5.75 Å². The lowest BCUT2D eigenvalue weighted by Gasteiger charge is -2.30. The van der Waals surface area contributed by atoms with Crippen LogP contribution in [0.15, 0.2) is 72.9 Å². The highest BCUT2D eigenvalue weighted by atomic mass is 16.3. The molecule has 1 saturated heterocycles. The molecule has 204 valence electrons. The molecule has 3 amide bonds. The van der Waals surface area contributed by atoms with Gasteiger partial charge in [-0.25, -0.2) is 0 Å². The van der Waals surface area contributed by atoms with Crippen molar-refractivity contribution in [3.05, 3.63) is 95.3 Å². The van der Waals surface area contributed by atoms with Crippen LogP contribution in [0.1, 0.15) is 33.6 Å². The summed E-state index contributed by atoms with van der Waals surface area (Å²) in [7, 11) is 0. The summed E-state index contributed by atoms with van der Waals surface area (Å²) in [4.78, 5) is 45.0. The number of carbonyl (C=O) groups is 3. The number of nitrogens with one attached hydrogen (secondary N) is 2. The lowest BCUT2D eigenvalue weighted by atomic mass is 9.98. The highest BCUT2D eigenvalue weighted by Gasteiger charge is 2.42. The van der Waals surface area contributed by atoms with Crippen molar-refractivity contribution in [1.82, 2.24) is 20.5 Å². The number of amides is 3. The standard InChI is InChI=1S/C29H32N4O6/c1-18-22(11-7-12-25(18)35)27(37)32-23(14-19-8-3-2-4-9-19)26(36)29(39)33-17-21(34)15-24(33)28(38)31-16-20-10-5-6-13-30-20/h2-13,21,23-24,26,34-36H,14-17H2,1H3,(H,31,38)(H,32,37). The van der Waals surface area contributed by atoms with E-state index < -0.39 is 42.0 Å². The predicted molar refractivity (Wildman–Crippen MR) is 142 cm³/mol. The van der Waals surface area contributed by atoms with Gasteiger partial charge in [-0.1, -0.05) is 42.5 Å². The number of hydrogen-bond acceptors (Lipinski definition) is 7. The first-order chi connectivity index (χ1) is 18.7. The van der Waals surface area contributed by atoms with Gasteiger partial charge >= 0.3 is 0 Å². The van der Waals surface area contributed by atoms with Crippen molar-refractivity contribution in [2.45, 2.75) is 50.6 Å². The number of likely N-dealkylation sites (tertiary alicyclic amines) is 1. The third-order valence-corrected chi connectivity index (χ3v) is 6.83. The quantitative estimate of drug-likeness (QED) is 0.277. The third kappa shape index (κ3) is 6.78. The molecule has 1 aliphatic rings. The van der Waals surface area contributed by atoms with E-state index in [1.54, 1.807) is 43.5 Å². The Kier molecular flexibility index (Phi) is 8.90. The minimum absolute atomic E-state index is 0.0186. The Hall–Kier alpha value is -4.28. The predicted octanol–water partition coefficient (Wildman–Crippen LogP) is 1.08. The van der Waals surface area contributed by atoms with Crippen molar-refractivity contribution >= 4 is 17.7 Å². The van der Waals surface area contributed by atoms with Gasteiger partial charge in [0, 0.05) is 30.3 Å². The minimum Gasteiger partial charge on any atom is -0.508 e. The van der Waals surface area contributed by atoms with E-state index in [0.29, 0.717) is 11.3 Å². The van der Waals surface area contributed by atoms with E-state index in [9.17, 15) is 29.7 Å². The number of pyridine rings is 1. The molecule has 5 N–H and O–H groups in total. The molecular weight excluding hydrogens is 500 g/mol. The van der Waals surface area contributed by atoms with E-state index in [4.69, 9.17) is 0 Å². The molecule has 1 aromatic heterocycles. The second kappa shape index (κ2) is 12.5. The maximum absolute atomic E-state index is 13.5. The number of β-amino-alcohol motifs (C(OH)–C–C–N with tert-alkyl or cyclic N) is 1. The number of carbonyl (C=O) groups excluding carboxylic acids is 3. The van der Waals surface area contributed by atoms with Gasteiger partial charge in [0.25, 0.3) is 11.8 Å². The Morgan fingerprint density at radius 1 is 1.05 bits per heavy atom. The van der Waals surface area contributed by atoms with Crippen LogP contribution >= 0.6 is 0 Å². The zero-order chi connectivity index (χ0) is 27.9. The van der Waals surface area contributed by atoms with Crippen molar-refractivity contribution in [2.24, 2.45) is 0 Å². The zero-order valence-corrected chi connectivity index (χ0v) is 21.5. The molecule has 4 unspecified atom stereocenters. The second-order valence-electron chi connectivity index (χ2n) is 9.60. The van der Waals surface area contributed by atoms with Gasteiger partial charge in [-0.05, 0) is 43.2 Å². The summed E-state index contributed by atoms with van der Waals surface area (Å²) in [5, 5.41) is 37.0. The van der Waals surface area contributed by atoms with Gasteiger partial charge in [0.1, 0.15) is 11.8 Å². The Bertz CT molecular complexity index is 1300. The van der Waals surface area contributed by atoms with Crippen LogP contribution in [-0.4, -0.2) is 73.8 Å². The Labute approximate surface area is 226 Å². The van der Waals surface area contributed by atoms with E-state index in [1.165, 1.54) is 18.2 Å². The van der Waals surface area contributed by atoms with Crippen molar-refractivity contribution in [2.75, 3.05) is 6.54 Å². The van der Waals surface area contributed by atoms with Gasteiger partial charge in [-0.2, -0.15) is 0 Å². The number of rotatable bonds is 9. The number of aliphatic hydroxyl groups is 2. The smallest absolute Gasteiger partial charge is 0.254 e. The molecule has 0 saturated carbocycles. The largest absolute Gasteiger partial charge is 0.508 e. The molecule has 4 atom stereocenters. The number of phenols is 1. The van der Waals surface area contributed by atoms with E-state index >= 15 is 0 Å². The van der Waals surface area contributed by atoms with Crippen LogP contribution in [0.3, 0.4) is 0 Å². The fourth-order valence-corrected chi connectivity index (χ4v) is 4.67. The van der Waals surface area contributed by atoms with Gasteiger partial charge in [-0.15, -0.1) is 0 Å². The van der Waals surface area contributed by atoms with E-state index in [1.807, 2.05) is 18.2 Å². The molecule has 0 aliphatic carbocycles. The fraction of sp³-hybridized carbons (Fsp3) is 0.310. The first-order valence-corrected chi connectivity index (χ1v) is 12.7. The van der Waals surface area contributed by atoms with E-state index in [0.717, 1.165) is 10.5 Å². The monoisotopic (exact) mass is 532 g/mol. The van der Waals surface area contributed by atoms with Crippen LogP contribution in [0.2, 0.25) is 0 Å². The fourth-order valence-electron chi connectivity index (χ4n) is 4.67. The maximum Gasteiger partial charge on any atom is 0.254 e. The number of phenolic OH excluding ortho intramolecular Hbond substituents is 1. The number of hydrogen-bond donors (Lipinski definition) is 5. The molecule has 2 aromatic carbocycles. The van der Waals surface area contributed by atoms with Crippen LogP contribution < -0.4 is 10.6 Å². The van der Waals surface area contributed by atoms with Crippen molar-refractivity contribution in [1.29, 1.82) is 0 Å². The van der Waals surface area contributed by atoms with Gasteiger partial charge in [0.2, 0.25) is 5.91 Å². The van der Waals surface area contributed by atoms with Crippen molar-refractivity contribution < 1.29 is 29.7 Å². The van der Waals surface area contributed by atoms with Crippen LogP contribution in [0, 0.1) is 6.92 Å². The van der Waals surface area contributed by atoms with Gasteiger partial charge < -0.3 is 30.9 Å². The van der Waals surface area contributed by atoms with Gasteiger partial charge in [0.05, 0.1) is 24.4 Å². The van der Waals surface area contributed by atoms with E-state index in [-0.39, 0.29) is 37.2 Å². The number of benzene rings is 2. The number of nitrogens with zero attached hydrogens (tertiary/aromatic N) is 2. The Balaban J connectivity index is 1.52. The highest BCUT2D eigenvalue weighted by Crippen LogP contribution is 2.22. The minimum atomic E-state index is -1.71. The van der Waals surface area contributed by atoms with Crippen molar-refractivity contribution in [3.63, 3.8) is 0 Å². The van der Waals surface area contributed by atoms with Crippen LogP contribution in [0.4, 0.5) is 0 Å². The lowest BCUT2D eigenvalue weighted by Crippen LogP contribution is -2.55. The maximum atomic E-state index is 13.5. The van der Waals surface area contributed by atoms with Crippen LogP contribution in [0.5, 0.6) is 5.75 Å². The summed E-state index contributed by atoms with van der Waals surface area (Å²) in [5.74, 6) is -1.87. The zero-order valence-electron chi connectivity index (χ0n) is 21.5. The van der Waals surface area contributed by atoms with Crippen LogP contribution in [-0.2, 0) is 22.6 Å². The summed E-state index contributed by atoms with van der Waals surface area (Å²) in [6.07, 6.45) is -0.895. The SMILES string of the molecule is Cc1c(O)cccc1C(=O)NC(Cc1ccccc1)C(O)C(=O)N1CC(O)CC1C(=O)NCc1ccccn1.